The van der Waals surface area contributed by atoms with Gasteiger partial charge in [-0.05, 0) is 19.9 Å². The van der Waals surface area contributed by atoms with Crippen molar-refractivity contribution in [3.63, 3.8) is 0 Å². The molecule has 21 heavy (non-hydrogen) atoms. The van der Waals surface area contributed by atoms with E-state index < -0.39 is 0 Å². The normalized spacial score (nSPS) is 11.0. The third-order valence-corrected chi connectivity index (χ3v) is 2.98. The predicted octanol–water partition coefficient (Wildman–Crippen LogP) is 2.59. The van der Waals surface area contributed by atoms with Gasteiger partial charge in [0.05, 0.1) is 25.1 Å². The minimum Gasteiger partial charge on any atom is -0.481 e. The second kappa shape index (κ2) is 5.40. The molecule has 0 unspecified atom stereocenters. The lowest BCUT2D eigenvalue weighted by molar-refractivity contribution is 0.234. The molecule has 0 aliphatic carbocycles. The fourth-order valence-electron chi connectivity index (χ4n) is 2.07. The highest BCUT2D eigenvalue weighted by molar-refractivity contribution is 5.65. The summed E-state index contributed by atoms with van der Waals surface area (Å²) in [5, 5.41) is 0. The van der Waals surface area contributed by atoms with E-state index in [0.29, 0.717) is 17.4 Å². The molecule has 0 saturated carbocycles. The molecule has 0 amide bonds. The maximum Gasteiger partial charge on any atom is 0.258 e. The minimum atomic E-state index is 0.0477. The van der Waals surface area contributed by atoms with E-state index in [-0.39, 0.29) is 6.10 Å². The highest BCUT2D eigenvalue weighted by Gasteiger charge is 2.12. The number of rotatable bonds is 4. The summed E-state index contributed by atoms with van der Waals surface area (Å²) in [4.78, 5) is 12.9. The van der Waals surface area contributed by atoms with E-state index in [2.05, 4.69) is 15.0 Å². The first kappa shape index (κ1) is 13.4. The van der Waals surface area contributed by atoms with Gasteiger partial charge in [-0.1, -0.05) is 0 Å². The van der Waals surface area contributed by atoms with Gasteiger partial charge >= 0.3 is 0 Å². The van der Waals surface area contributed by atoms with E-state index in [1.807, 2.05) is 36.6 Å². The third kappa shape index (κ3) is 2.52. The fraction of sp³-hybridized carbons (Fsp3) is 0.267. The van der Waals surface area contributed by atoms with E-state index in [1.165, 1.54) is 0 Å². The number of nitrogens with zero attached hydrogens (tertiary/aromatic N) is 4. The van der Waals surface area contributed by atoms with Crippen LogP contribution in [0.3, 0.4) is 0 Å². The van der Waals surface area contributed by atoms with Gasteiger partial charge in [0, 0.05) is 30.2 Å². The first-order valence-electron chi connectivity index (χ1n) is 6.68. The van der Waals surface area contributed by atoms with Gasteiger partial charge in [0.15, 0.2) is 0 Å². The highest BCUT2D eigenvalue weighted by atomic mass is 16.5. The molecule has 0 aliphatic rings. The number of hydrogen-bond donors (Lipinski definition) is 0. The van der Waals surface area contributed by atoms with Gasteiger partial charge in [0.2, 0.25) is 11.5 Å². The molecule has 108 valence electrons. The van der Waals surface area contributed by atoms with Crippen molar-refractivity contribution in [2.75, 3.05) is 7.11 Å². The first-order valence-corrected chi connectivity index (χ1v) is 6.68. The van der Waals surface area contributed by atoms with Crippen LogP contribution in [-0.4, -0.2) is 32.6 Å². The van der Waals surface area contributed by atoms with Crippen LogP contribution in [0.5, 0.6) is 11.8 Å². The number of aromatic nitrogens is 4. The molecule has 6 nitrogen and oxygen atoms in total. The molecule has 3 heterocycles. The Bertz CT molecular complexity index is 750. The SMILES string of the molecule is COc1ccc(-c2cnc3c(OC(C)C)nccn23)cn1. The van der Waals surface area contributed by atoms with Crippen molar-refractivity contribution in [1.29, 1.82) is 0 Å². The Morgan fingerprint density at radius 1 is 1.10 bits per heavy atom. The second-order valence-electron chi connectivity index (χ2n) is 4.83. The summed E-state index contributed by atoms with van der Waals surface area (Å²) in [5.41, 5.74) is 2.57. The molecular weight excluding hydrogens is 268 g/mol. The van der Waals surface area contributed by atoms with E-state index in [0.717, 1.165) is 11.3 Å². The van der Waals surface area contributed by atoms with Crippen molar-refractivity contribution in [3.8, 4) is 23.0 Å². The van der Waals surface area contributed by atoms with Gasteiger partial charge in [0.25, 0.3) is 5.88 Å². The van der Waals surface area contributed by atoms with Crippen molar-refractivity contribution in [3.05, 3.63) is 36.9 Å². The van der Waals surface area contributed by atoms with Crippen molar-refractivity contribution >= 4 is 5.65 Å². The Morgan fingerprint density at radius 2 is 1.95 bits per heavy atom. The van der Waals surface area contributed by atoms with Crippen LogP contribution in [0.2, 0.25) is 0 Å². The average Bonchev–Trinajstić information content (AvgIpc) is 2.92. The maximum atomic E-state index is 5.68. The van der Waals surface area contributed by atoms with Gasteiger partial charge in [-0.25, -0.2) is 15.0 Å². The lowest BCUT2D eigenvalue weighted by atomic mass is 10.2. The predicted molar refractivity (Wildman–Crippen MR) is 78.5 cm³/mol. The summed E-state index contributed by atoms with van der Waals surface area (Å²) in [6, 6.07) is 3.76. The van der Waals surface area contributed by atoms with Crippen LogP contribution in [-0.2, 0) is 0 Å². The van der Waals surface area contributed by atoms with Crippen LogP contribution in [0.25, 0.3) is 16.9 Å². The number of pyridine rings is 1. The van der Waals surface area contributed by atoms with Crippen molar-refractivity contribution < 1.29 is 9.47 Å². The largest absolute Gasteiger partial charge is 0.481 e. The summed E-state index contributed by atoms with van der Waals surface area (Å²) in [5.74, 6) is 1.11. The van der Waals surface area contributed by atoms with Crippen LogP contribution >= 0.6 is 0 Å². The molecule has 0 bridgehead atoms. The Morgan fingerprint density at radius 3 is 2.62 bits per heavy atom. The van der Waals surface area contributed by atoms with Crippen LogP contribution in [0, 0.1) is 0 Å². The van der Waals surface area contributed by atoms with Crippen molar-refractivity contribution in [2.24, 2.45) is 0 Å². The van der Waals surface area contributed by atoms with Crippen molar-refractivity contribution in [2.45, 2.75) is 20.0 Å². The average molecular weight is 284 g/mol. The zero-order chi connectivity index (χ0) is 14.8. The van der Waals surface area contributed by atoms with Gasteiger partial charge in [-0.2, -0.15) is 0 Å². The van der Waals surface area contributed by atoms with Gasteiger partial charge in [0.1, 0.15) is 0 Å². The topological polar surface area (TPSA) is 61.5 Å². The molecule has 3 aromatic heterocycles. The molecule has 0 aliphatic heterocycles. The van der Waals surface area contributed by atoms with E-state index >= 15 is 0 Å². The Hall–Kier alpha value is -2.63. The molecule has 3 aromatic rings. The smallest absolute Gasteiger partial charge is 0.258 e. The molecule has 0 fully saturated rings. The van der Waals surface area contributed by atoms with Crippen LogP contribution in [0.15, 0.2) is 36.9 Å². The quantitative estimate of drug-likeness (QED) is 0.737. The first-order chi connectivity index (χ1) is 10.2. The monoisotopic (exact) mass is 284 g/mol. The van der Waals surface area contributed by atoms with Gasteiger partial charge in [-0.3, -0.25) is 4.40 Å². The number of fused-ring (bicyclic) bond motifs is 1. The summed E-state index contributed by atoms with van der Waals surface area (Å²) in [6.45, 7) is 3.92. The number of imidazole rings is 1. The van der Waals surface area contributed by atoms with E-state index in [9.17, 15) is 0 Å². The Balaban J connectivity index is 2.07. The highest BCUT2D eigenvalue weighted by Crippen LogP contribution is 2.25. The lowest BCUT2D eigenvalue weighted by Gasteiger charge is -2.09. The second-order valence-corrected chi connectivity index (χ2v) is 4.83. The van der Waals surface area contributed by atoms with Crippen molar-refractivity contribution in [1.82, 2.24) is 19.4 Å². The van der Waals surface area contributed by atoms with Crippen LogP contribution in [0.4, 0.5) is 0 Å². The molecule has 3 rings (SSSR count). The lowest BCUT2D eigenvalue weighted by Crippen LogP contribution is -2.08. The maximum absolute atomic E-state index is 5.68. The fourth-order valence-corrected chi connectivity index (χ4v) is 2.07. The molecule has 0 saturated heterocycles. The summed E-state index contributed by atoms with van der Waals surface area (Å²) < 4.78 is 12.7. The molecular formula is C15H16N4O2. The molecule has 0 spiro atoms. The molecule has 0 aromatic carbocycles. The summed E-state index contributed by atoms with van der Waals surface area (Å²) >= 11 is 0. The minimum absolute atomic E-state index is 0.0477. The number of methoxy groups -OCH3 is 1. The van der Waals surface area contributed by atoms with Crippen LogP contribution < -0.4 is 9.47 Å². The zero-order valence-corrected chi connectivity index (χ0v) is 12.1. The van der Waals surface area contributed by atoms with Gasteiger partial charge in [-0.15, -0.1) is 0 Å². The third-order valence-electron chi connectivity index (χ3n) is 2.98. The van der Waals surface area contributed by atoms with E-state index in [1.54, 1.807) is 25.7 Å². The molecule has 0 atom stereocenters. The van der Waals surface area contributed by atoms with Crippen LogP contribution in [0.1, 0.15) is 13.8 Å². The van der Waals surface area contributed by atoms with Gasteiger partial charge < -0.3 is 9.47 Å². The standard InChI is InChI=1S/C15H16N4O2/c1-10(2)21-15-14-18-9-12(19(14)7-6-16-15)11-4-5-13(20-3)17-8-11/h4-10H,1-3H3. The summed E-state index contributed by atoms with van der Waals surface area (Å²) in [7, 11) is 1.59. The molecule has 6 heteroatoms. The Kier molecular flexibility index (Phi) is 3.43. The van der Waals surface area contributed by atoms with E-state index in [4.69, 9.17) is 9.47 Å². The molecule has 0 N–H and O–H groups in total. The zero-order valence-electron chi connectivity index (χ0n) is 12.1. The number of ether oxygens (including phenoxy) is 2. The Labute approximate surface area is 122 Å². The summed E-state index contributed by atoms with van der Waals surface area (Å²) in [6.07, 6.45) is 7.15. The molecule has 0 radical (unpaired) electrons. The number of hydrogen-bond acceptors (Lipinski definition) is 5.